The van der Waals surface area contributed by atoms with Crippen molar-refractivity contribution in [1.82, 2.24) is 14.1 Å². The number of aliphatic hydroxyl groups is 1. The van der Waals surface area contributed by atoms with Crippen LogP contribution in [0.15, 0.2) is 53.4 Å². The van der Waals surface area contributed by atoms with Gasteiger partial charge in [0.2, 0.25) is 10.0 Å². The summed E-state index contributed by atoms with van der Waals surface area (Å²) >= 11 is 0. The number of hydrogen-bond donors (Lipinski definition) is 1. The number of sulfonamides is 1. The van der Waals surface area contributed by atoms with Gasteiger partial charge in [0.25, 0.3) is 0 Å². The Labute approximate surface area is 247 Å². The van der Waals surface area contributed by atoms with Crippen molar-refractivity contribution in [2.45, 2.75) is 86.9 Å². The second-order valence-corrected chi connectivity index (χ2v) is 13.6. The highest BCUT2D eigenvalue weighted by Gasteiger charge is 2.60. The zero-order chi connectivity index (χ0) is 29.9. The van der Waals surface area contributed by atoms with Crippen LogP contribution in [0.1, 0.15) is 69.9 Å². The first-order valence-electron chi connectivity index (χ1n) is 15.1. The van der Waals surface area contributed by atoms with Crippen LogP contribution in [0.5, 0.6) is 0 Å². The number of nitrogens with zero attached hydrogens (tertiary/aromatic N) is 3. The maximum atomic E-state index is 14.3. The summed E-state index contributed by atoms with van der Waals surface area (Å²) in [6, 6.07) is 9.67. The molecule has 1 amide bonds. The molecule has 5 rings (SSSR count). The van der Waals surface area contributed by atoms with Crippen molar-refractivity contribution in [2.75, 3.05) is 32.8 Å². The highest BCUT2D eigenvalue weighted by atomic mass is 32.2. The summed E-state index contributed by atoms with van der Waals surface area (Å²) in [7, 11) is -4.16. The summed E-state index contributed by atoms with van der Waals surface area (Å²) in [5.41, 5.74) is -0.438. The average molecular weight is 606 g/mol. The van der Waals surface area contributed by atoms with Gasteiger partial charge in [0.15, 0.2) is 0 Å². The maximum Gasteiger partial charge on any atom is 0.410 e. The normalized spacial score (nSPS) is 23.2. The van der Waals surface area contributed by atoms with Gasteiger partial charge in [0, 0.05) is 25.7 Å². The third kappa shape index (κ3) is 6.49. The molecule has 3 fully saturated rings. The van der Waals surface area contributed by atoms with Crippen LogP contribution >= 0.6 is 0 Å². The second-order valence-electron chi connectivity index (χ2n) is 11.7. The molecule has 2 atom stereocenters. The zero-order valence-corrected chi connectivity index (χ0v) is 24.9. The monoisotopic (exact) mass is 605 g/mol. The van der Waals surface area contributed by atoms with Gasteiger partial charge in [-0.05, 0) is 99.9 Å². The van der Waals surface area contributed by atoms with Crippen molar-refractivity contribution >= 4 is 16.1 Å². The quantitative estimate of drug-likeness (QED) is 0.406. The van der Waals surface area contributed by atoms with E-state index in [1.807, 2.05) is 0 Å². The fourth-order valence-electron chi connectivity index (χ4n) is 6.73. The summed E-state index contributed by atoms with van der Waals surface area (Å²) < 4.78 is 64.0. The van der Waals surface area contributed by atoms with Crippen LogP contribution in [0, 0.1) is 11.6 Å². The molecule has 0 bridgehead atoms. The lowest BCUT2D eigenvalue weighted by Gasteiger charge is -2.45. The Bertz CT molecular complexity index is 1320. The minimum Gasteiger partial charge on any atom is -0.441 e. The molecule has 0 radical (unpaired) electrons. The molecule has 8 nitrogen and oxygen atoms in total. The molecular weight excluding hydrogens is 564 g/mol. The van der Waals surface area contributed by atoms with Gasteiger partial charge >= 0.3 is 6.09 Å². The number of carbonyl (C=O) groups excluding carboxylic acids is 1. The van der Waals surface area contributed by atoms with Gasteiger partial charge in [-0.3, -0.25) is 4.90 Å². The molecule has 2 saturated heterocycles. The topological polar surface area (TPSA) is 90.4 Å². The molecule has 2 aromatic carbocycles. The van der Waals surface area contributed by atoms with Crippen LogP contribution in [-0.4, -0.2) is 84.2 Å². The fraction of sp³-hybridized carbons (Fsp3) is 0.581. The van der Waals surface area contributed by atoms with E-state index in [1.165, 1.54) is 28.6 Å². The Morgan fingerprint density at radius 3 is 2.36 bits per heavy atom. The predicted molar refractivity (Wildman–Crippen MR) is 154 cm³/mol. The Morgan fingerprint density at radius 2 is 1.74 bits per heavy atom. The molecule has 1 N–H and O–H groups in total. The third-order valence-electron chi connectivity index (χ3n) is 8.97. The highest BCUT2D eigenvalue weighted by Crippen LogP contribution is 2.52. The molecule has 2 aliphatic heterocycles. The van der Waals surface area contributed by atoms with Crippen molar-refractivity contribution in [3.05, 3.63) is 65.7 Å². The van der Waals surface area contributed by atoms with Gasteiger partial charge in [-0.1, -0.05) is 19.1 Å². The average Bonchev–Trinajstić information content (AvgIpc) is 3.77. The van der Waals surface area contributed by atoms with E-state index in [1.54, 1.807) is 17.0 Å². The Balaban J connectivity index is 1.38. The second kappa shape index (κ2) is 13.0. The molecule has 1 saturated carbocycles. The number of halogens is 2. The largest absolute Gasteiger partial charge is 0.441 e. The lowest BCUT2D eigenvalue weighted by molar-refractivity contribution is -0.0143. The van der Waals surface area contributed by atoms with Gasteiger partial charge in [0.1, 0.15) is 17.2 Å². The van der Waals surface area contributed by atoms with E-state index in [0.717, 1.165) is 37.9 Å². The van der Waals surface area contributed by atoms with Crippen molar-refractivity contribution in [1.29, 1.82) is 0 Å². The van der Waals surface area contributed by atoms with E-state index in [0.29, 0.717) is 57.3 Å². The molecule has 11 heteroatoms. The zero-order valence-electron chi connectivity index (χ0n) is 24.1. The summed E-state index contributed by atoms with van der Waals surface area (Å²) in [5, 5.41) is 9.45. The minimum atomic E-state index is -4.16. The van der Waals surface area contributed by atoms with Crippen molar-refractivity contribution in [2.24, 2.45) is 0 Å². The first-order valence-corrected chi connectivity index (χ1v) is 16.5. The van der Waals surface area contributed by atoms with Crippen LogP contribution in [0.25, 0.3) is 0 Å². The molecule has 2 heterocycles. The van der Waals surface area contributed by atoms with Gasteiger partial charge in [0.05, 0.1) is 23.6 Å². The van der Waals surface area contributed by atoms with Crippen LogP contribution < -0.4 is 0 Å². The van der Waals surface area contributed by atoms with Gasteiger partial charge in [-0.2, -0.15) is 4.31 Å². The highest BCUT2D eigenvalue weighted by molar-refractivity contribution is 7.89. The van der Waals surface area contributed by atoms with Crippen LogP contribution in [0.2, 0.25) is 0 Å². The number of amides is 1. The molecule has 1 aliphatic carbocycles. The number of rotatable bonds is 10. The number of ether oxygens (including phenoxy) is 1. The van der Waals surface area contributed by atoms with Crippen LogP contribution in [0.3, 0.4) is 0 Å². The van der Waals surface area contributed by atoms with E-state index in [9.17, 15) is 27.1 Å². The number of piperidine rings is 2. The lowest BCUT2D eigenvalue weighted by Crippen LogP contribution is -2.55. The molecule has 0 unspecified atom stereocenters. The smallest absolute Gasteiger partial charge is 0.410 e. The maximum absolute atomic E-state index is 14.3. The molecular formula is C31H41F2N3O5S. The number of benzene rings is 2. The van der Waals surface area contributed by atoms with E-state index in [-0.39, 0.29) is 17.5 Å². The SMILES string of the molecule is CCCN(CCO)C1CCN(C(=O)OC2([C@H]3CCC[C@@H](c4cccc(F)c4)N3S(=O)(=O)c3ccc(F)cc3)CC2)CC1. The van der Waals surface area contributed by atoms with Gasteiger partial charge < -0.3 is 14.7 Å². The first kappa shape index (κ1) is 30.8. The number of likely N-dealkylation sites (tertiary alicyclic amines) is 1. The number of carbonyl (C=O) groups is 1. The molecule has 0 spiro atoms. The number of aliphatic hydroxyl groups excluding tert-OH is 1. The van der Waals surface area contributed by atoms with Crippen molar-refractivity contribution in [3.8, 4) is 0 Å². The van der Waals surface area contributed by atoms with E-state index in [4.69, 9.17) is 4.74 Å². The van der Waals surface area contributed by atoms with E-state index >= 15 is 0 Å². The summed E-state index contributed by atoms with van der Waals surface area (Å²) in [6.45, 7) is 4.76. The fourth-order valence-corrected chi connectivity index (χ4v) is 8.65. The van der Waals surface area contributed by atoms with Gasteiger partial charge in [-0.25, -0.2) is 22.0 Å². The van der Waals surface area contributed by atoms with Crippen molar-refractivity contribution < 1.29 is 31.8 Å². The Morgan fingerprint density at radius 1 is 1.02 bits per heavy atom. The lowest BCUT2D eigenvalue weighted by atomic mass is 9.90. The van der Waals surface area contributed by atoms with Crippen LogP contribution in [0.4, 0.5) is 13.6 Å². The first-order chi connectivity index (χ1) is 20.2. The van der Waals surface area contributed by atoms with Crippen LogP contribution in [-0.2, 0) is 14.8 Å². The Kier molecular flexibility index (Phi) is 9.51. The summed E-state index contributed by atoms with van der Waals surface area (Å²) in [4.78, 5) is 17.4. The van der Waals surface area contributed by atoms with Gasteiger partial charge in [-0.15, -0.1) is 0 Å². The molecule has 230 valence electrons. The number of hydrogen-bond acceptors (Lipinski definition) is 6. The minimum absolute atomic E-state index is 0.0547. The summed E-state index contributed by atoms with van der Waals surface area (Å²) in [6.07, 6.45) is 4.83. The predicted octanol–water partition coefficient (Wildman–Crippen LogP) is 5.09. The standard InChI is InChI=1S/C31H41F2N3O5S/c1-2-17-34(20-21-37)26-13-18-35(19-14-26)30(38)41-31(15-16-31)29-8-4-7-28(23-5-3-6-25(33)22-23)36(29)42(39,40)27-11-9-24(32)10-12-27/h3,5-6,9-12,22,26,28-29,37H,2,4,7-8,13-21H2,1H3/t28-,29+/m0/s1. The molecule has 0 aromatic heterocycles. The molecule has 42 heavy (non-hydrogen) atoms. The summed E-state index contributed by atoms with van der Waals surface area (Å²) in [5.74, 6) is -1.00. The van der Waals surface area contributed by atoms with E-state index in [2.05, 4.69) is 11.8 Å². The van der Waals surface area contributed by atoms with E-state index < -0.39 is 45.4 Å². The molecule has 3 aliphatic rings. The third-order valence-corrected chi connectivity index (χ3v) is 10.9. The van der Waals surface area contributed by atoms with Crippen molar-refractivity contribution in [3.63, 3.8) is 0 Å². The Hall–Kier alpha value is -2.60. The molecule has 2 aromatic rings.